The number of rotatable bonds is 4. The van der Waals surface area contributed by atoms with Crippen molar-refractivity contribution in [2.75, 3.05) is 20.4 Å². The van der Waals surface area contributed by atoms with E-state index in [1.54, 1.807) is 7.11 Å². The van der Waals surface area contributed by atoms with Crippen molar-refractivity contribution in [1.29, 1.82) is 0 Å². The first-order valence-electron chi connectivity index (χ1n) is 5.92. The van der Waals surface area contributed by atoms with Crippen molar-refractivity contribution in [2.24, 2.45) is 5.73 Å². The molecule has 0 atom stereocenters. The zero-order valence-electron chi connectivity index (χ0n) is 9.99. The summed E-state index contributed by atoms with van der Waals surface area (Å²) in [5.41, 5.74) is 8.42. The van der Waals surface area contributed by atoms with Crippen LogP contribution in [0.2, 0.25) is 0 Å². The van der Waals surface area contributed by atoms with Gasteiger partial charge >= 0.3 is 0 Å². The minimum Gasteiger partial charge on any atom is -0.454 e. The molecule has 92 valence electrons. The summed E-state index contributed by atoms with van der Waals surface area (Å²) in [5, 5.41) is 0. The van der Waals surface area contributed by atoms with E-state index >= 15 is 0 Å². The van der Waals surface area contributed by atoms with Gasteiger partial charge in [0.15, 0.2) is 11.5 Å². The molecule has 2 aliphatic rings. The minimum atomic E-state index is 0.148. The summed E-state index contributed by atoms with van der Waals surface area (Å²) in [6, 6.07) is 4.09. The number of fused-ring (bicyclic) bond motifs is 1. The summed E-state index contributed by atoms with van der Waals surface area (Å²) in [6.07, 6.45) is 2.31. The Morgan fingerprint density at radius 2 is 2.18 bits per heavy atom. The van der Waals surface area contributed by atoms with Crippen molar-refractivity contribution >= 4 is 0 Å². The van der Waals surface area contributed by atoms with Crippen LogP contribution in [-0.2, 0) is 16.8 Å². The van der Waals surface area contributed by atoms with E-state index in [1.165, 1.54) is 5.56 Å². The van der Waals surface area contributed by atoms with Gasteiger partial charge in [0, 0.05) is 24.6 Å². The van der Waals surface area contributed by atoms with Crippen LogP contribution in [0.1, 0.15) is 24.0 Å². The van der Waals surface area contributed by atoms with Gasteiger partial charge in [0.2, 0.25) is 6.79 Å². The summed E-state index contributed by atoms with van der Waals surface area (Å²) in [4.78, 5) is 0. The molecule has 1 aromatic carbocycles. The van der Waals surface area contributed by atoms with Crippen LogP contribution in [0.25, 0.3) is 0 Å². The van der Waals surface area contributed by atoms with E-state index in [-0.39, 0.29) is 5.41 Å². The third-order valence-electron chi connectivity index (χ3n) is 3.75. The first-order chi connectivity index (χ1) is 8.30. The van der Waals surface area contributed by atoms with Crippen LogP contribution in [0.5, 0.6) is 11.5 Å². The highest BCUT2D eigenvalue weighted by Gasteiger charge is 2.45. The summed E-state index contributed by atoms with van der Waals surface area (Å²) < 4.78 is 16.2. The molecule has 4 nitrogen and oxygen atoms in total. The number of hydrogen-bond donors (Lipinski definition) is 1. The van der Waals surface area contributed by atoms with Gasteiger partial charge in [0.25, 0.3) is 0 Å². The van der Waals surface area contributed by atoms with Gasteiger partial charge in [-0.25, -0.2) is 0 Å². The van der Waals surface area contributed by atoms with E-state index in [1.807, 2.05) is 6.07 Å². The Kier molecular flexibility index (Phi) is 2.49. The molecule has 0 unspecified atom stereocenters. The first-order valence-corrected chi connectivity index (χ1v) is 5.92. The lowest BCUT2D eigenvalue weighted by Gasteiger charge is -2.19. The van der Waals surface area contributed by atoms with E-state index in [0.717, 1.165) is 29.9 Å². The second kappa shape index (κ2) is 3.89. The molecule has 1 aliphatic heterocycles. The van der Waals surface area contributed by atoms with Gasteiger partial charge in [-0.2, -0.15) is 0 Å². The van der Waals surface area contributed by atoms with Gasteiger partial charge in [-0.3, -0.25) is 0 Å². The lowest BCUT2D eigenvalue weighted by atomic mass is 9.91. The van der Waals surface area contributed by atoms with Crippen molar-refractivity contribution in [3.63, 3.8) is 0 Å². The highest BCUT2D eigenvalue weighted by molar-refractivity contribution is 5.55. The zero-order valence-corrected chi connectivity index (χ0v) is 9.99. The van der Waals surface area contributed by atoms with Crippen LogP contribution in [0.4, 0.5) is 0 Å². The highest BCUT2D eigenvalue weighted by Crippen LogP contribution is 2.52. The maximum atomic E-state index is 5.90. The van der Waals surface area contributed by atoms with Crippen molar-refractivity contribution in [3.8, 4) is 11.5 Å². The standard InChI is InChI=1S/C13H17NO3/c1-15-6-9-10(13(7-14)4-5-13)2-3-11-12(9)17-8-16-11/h2-3H,4-8,14H2,1H3. The fourth-order valence-corrected chi connectivity index (χ4v) is 2.55. The fourth-order valence-electron chi connectivity index (χ4n) is 2.55. The number of methoxy groups -OCH3 is 1. The van der Waals surface area contributed by atoms with Crippen molar-refractivity contribution in [1.82, 2.24) is 0 Å². The molecule has 0 amide bonds. The molecule has 17 heavy (non-hydrogen) atoms. The second-order valence-corrected chi connectivity index (χ2v) is 4.74. The summed E-state index contributed by atoms with van der Waals surface area (Å²) in [6.45, 7) is 1.53. The zero-order chi connectivity index (χ0) is 11.9. The molecule has 1 aromatic rings. The van der Waals surface area contributed by atoms with E-state index < -0.39 is 0 Å². The SMILES string of the molecule is COCc1c(C2(CN)CC2)ccc2c1OCO2. The number of benzene rings is 1. The Balaban J connectivity index is 2.09. The Hall–Kier alpha value is -1.26. The molecule has 1 aliphatic carbocycles. The molecule has 0 radical (unpaired) electrons. The second-order valence-electron chi connectivity index (χ2n) is 4.74. The van der Waals surface area contributed by atoms with Gasteiger partial charge in [-0.05, 0) is 24.5 Å². The van der Waals surface area contributed by atoms with Crippen LogP contribution in [0.3, 0.4) is 0 Å². The van der Waals surface area contributed by atoms with E-state index in [0.29, 0.717) is 19.9 Å². The van der Waals surface area contributed by atoms with Crippen molar-refractivity contribution < 1.29 is 14.2 Å². The summed E-state index contributed by atoms with van der Waals surface area (Å²) in [7, 11) is 1.70. The highest BCUT2D eigenvalue weighted by atomic mass is 16.7. The molecular formula is C13H17NO3. The van der Waals surface area contributed by atoms with Gasteiger partial charge in [-0.15, -0.1) is 0 Å². The number of ether oxygens (including phenoxy) is 3. The third-order valence-corrected chi connectivity index (χ3v) is 3.75. The molecule has 0 saturated heterocycles. The summed E-state index contributed by atoms with van der Waals surface area (Å²) in [5.74, 6) is 1.65. The largest absolute Gasteiger partial charge is 0.454 e. The maximum Gasteiger partial charge on any atom is 0.231 e. The van der Waals surface area contributed by atoms with Crippen LogP contribution in [0, 0.1) is 0 Å². The Morgan fingerprint density at radius 3 is 2.82 bits per heavy atom. The first kappa shape index (κ1) is 10.9. The van der Waals surface area contributed by atoms with E-state index in [2.05, 4.69) is 6.07 Å². The Morgan fingerprint density at radius 1 is 1.35 bits per heavy atom. The minimum absolute atomic E-state index is 0.148. The monoisotopic (exact) mass is 235 g/mol. The quantitative estimate of drug-likeness (QED) is 0.860. The Bertz CT molecular complexity index is 441. The van der Waals surface area contributed by atoms with Gasteiger partial charge in [0.1, 0.15) is 0 Å². The van der Waals surface area contributed by atoms with E-state index in [9.17, 15) is 0 Å². The Labute approximate surface area is 101 Å². The van der Waals surface area contributed by atoms with Crippen LogP contribution >= 0.6 is 0 Å². The average molecular weight is 235 g/mol. The van der Waals surface area contributed by atoms with Crippen LogP contribution in [0.15, 0.2) is 12.1 Å². The molecule has 1 heterocycles. The maximum absolute atomic E-state index is 5.90. The molecule has 1 saturated carbocycles. The van der Waals surface area contributed by atoms with Crippen molar-refractivity contribution in [3.05, 3.63) is 23.3 Å². The molecule has 0 bridgehead atoms. The molecule has 2 N–H and O–H groups in total. The fraction of sp³-hybridized carbons (Fsp3) is 0.538. The molecule has 1 fully saturated rings. The van der Waals surface area contributed by atoms with Crippen LogP contribution in [-0.4, -0.2) is 20.4 Å². The van der Waals surface area contributed by atoms with E-state index in [4.69, 9.17) is 19.9 Å². The van der Waals surface area contributed by atoms with Gasteiger partial charge in [-0.1, -0.05) is 6.07 Å². The summed E-state index contributed by atoms with van der Waals surface area (Å²) >= 11 is 0. The normalized spacial score (nSPS) is 19.4. The molecule has 4 heteroatoms. The van der Waals surface area contributed by atoms with Crippen LogP contribution < -0.4 is 15.2 Å². The molecule has 0 spiro atoms. The predicted octanol–water partition coefficient (Wildman–Crippen LogP) is 1.55. The molecular weight excluding hydrogens is 218 g/mol. The predicted molar refractivity (Wildman–Crippen MR) is 63.2 cm³/mol. The number of nitrogens with two attached hydrogens (primary N) is 1. The molecule has 3 rings (SSSR count). The lowest BCUT2D eigenvalue weighted by Crippen LogP contribution is -2.21. The topological polar surface area (TPSA) is 53.7 Å². The third kappa shape index (κ3) is 1.59. The smallest absolute Gasteiger partial charge is 0.231 e. The van der Waals surface area contributed by atoms with Gasteiger partial charge < -0.3 is 19.9 Å². The van der Waals surface area contributed by atoms with Crippen molar-refractivity contribution in [2.45, 2.75) is 24.9 Å². The number of hydrogen-bond acceptors (Lipinski definition) is 4. The average Bonchev–Trinajstić information content (AvgIpc) is 2.99. The molecule has 0 aromatic heterocycles. The van der Waals surface area contributed by atoms with Gasteiger partial charge in [0.05, 0.1) is 6.61 Å². The lowest BCUT2D eigenvalue weighted by molar-refractivity contribution is 0.162.